The number of hydrogen-bond donors (Lipinski definition) is 1. The van der Waals surface area contributed by atoms with E-state index in [0.29, 0.717) is 11.5 Å². The summed E-state index contributed by atoms with van der Waals surface area (Å²) in [4.78, 5) is 16.3. The molecule has 0 bridgehead atoms. The Labute approximate surface area is 110 Å². The molecule has 4 nitrogen and oxygen atoms in total. The molecule has 0 amide bonds. The maximum absolute atomic E-state index is 11.2. The van der Waals surface area contributed by atoms with E-state index < -0.39 is 0 Å². The van der Waals surface area contributed by atoms with Crippen LogP contribution in [-0.2, 0) is 0 Å². The molecule has 2 rings (SSSR count). The van der Waals surface area contributed by atoms with Gasteiger partial charge in [-0.05, 0) is 33.3 Å². The fraction of sp³-hybridized carbons (Fsp3) is 0.385. The van der Waals surface area contributed by atoms with Gasteiger partial charge in [0, 0.05) is 5.54 Å². The second kappa shape index (κ2) is 4.57. The first-order valence-electron chi connectivity index (χ1n) is 5.69. The van der Waals surface area contributed by atoms with Crippen molar-refractivity contribution in [1.82, 2.24) is 4.98 Å². The standard InChI is InChI=1S/C13H16N2O2S/c1-8-9(7-16)12(15-13(2,3)4)18-10(8)11-14-5-6-17-11/h5-7,15H,1-4H3. The van der Waals surface area contributed by atoms with Crippen molar-refractivity contribution in [1.29, 1.82) is 0 Å². The van der Waals surface area contributed by atoms with Crippen LogP contribution in [0, 0.1) is 6.92 Å². The van der Waals surface area contributed by atoms with Crippen LogP contribution in [0.4, 0.5) is 5.00 Å². The normalized spacial score (nSPS) is 11.6. The summed E-state index contributed by atoms with van der Waals surface area (Å²) in [6, 6.07) is 0. The minimum Gasteiger partial charge on any atom is -0.444 e. The number of carbonyl (C=O) groups excluding carboxylic acids is 1. The number of nitrogens with one attached hydrogen (secondary N) is 1. The van der Waals surface area contributed by atoms with E-state index >= 15 is 0 Å². The van der Waals surface area contributed by atoms with E-state index in [0.717, 1.165) is 21.7 Å². The summed E-state index contributed by atoms with van der Waals surface area (Å²) in [7, 11) is 0. The molecule has 0 saturated carbocycles. The van der Waals surface area contributed by atoms with Crippen LogP contribution in [0.15, 0.2) is 16.9 Å². The van der Waals surface area contributed by atoms with Crippen LogP contribution >= 0.6 is 11.3 Å². The predicted molar refractivity (Wildman–Crippen MR) is 73.3 cm³/mol. The van der Waals surface area contributed by atoms with E-state index in [2.05, 4.69) is 31.1 Å². The highest BCUT2D eigenvalue weighted by molar-refractivity contribution is 7.20. The summed E-state index contributed by atoms with van der Waals surface area (Å²) in [6.07, 6.45) is 4.02. The molecule has 1 N–H and O–H groups in total. The van der Waals surface area contributed by atoms with Gasteiger partial charge < -0.3 is 9.73 Å². The van der Waals surface area contributed by atoms with Gasteiger partial charge in [0.25, 0.3) is 0 Å². The second-order valence-electron chi connectivity index (χ2n) is 5.13. The largest absolute Gasteiger partial charge is 0.444 e. The topological polar surface area (TPSA) is 55.1 Å². The number of thiophene rings is 1. The fourth-order valence-corrected chi connectivity index (χ4v) is 2.96. The highest BCUT2D eigenvalue weighted by atomic mass is 32.1. The number of hydrogen-bond acceptors (Lipinski definition) is 5. The number of oxazole rings is 1. The van der Waals surface area contributed by atoms with Crippen molar-refractivity contribution in [3.05, 3.63) is 23.6 Å². The third kappa shape index (κ3) is 2.46. The third-order valence-corrected chi connectivity index (χ3v) is 3.64. The summed E-state index contributed by atoms with van der Waals surface area (Å²) >= 11 is 1.50. The zero-order valence-corrected chi connectivity index (χ0v) is 11.7. The molecule has 0 aromatic carbocycles. The number of anilines is 1. The Kier molecular flexibility index (Phi) is 3.26. The quantitative estimate of drug-likeness (QED) is 0.858. The van der Waals surface area contributed by atoms with Gasteiger partial charge in [-0.3, -0.25) is 4.79 Å². The van der Waals surface area contributed by atoms with Crippen molar-refractivity contribution in [2.45, 2.75) is 33.2 Å². The first-order valence-corrected chi connectivity index (χ1v) is 6.50. The molecule has 0 aliphatic heterocycles. The molecule has 0 atom stereocenters. The number of nitrogens with zero attached hydrogens (tertiary/aromatic N) is 1. The first kappa shape index (κ1) is 12.8. The van der Waals surface area contributed by atoms with Gasteiger partial charge in [0.15, 0.2) is 6.29 Å². The van der Waals surface area contributed by atoms with Crippen LogP contribution in [0.1, 0.15) is 36.7 Å². The Morgan fingerprint density at radius 1 is 1.44 bits per heavy atom. The Balaban J connectivity index is 2.49. The van der Waals surface area contributed by atoms with Crippen molar-refractivity contribution in [3.8, 4) is 10.8 Å². The minimum atomic E-state index is -0.0943. The number of aromatic nitrogens is 1. The highest BCUT2D eigenvalue weighted by Crippen LogP contribution is 2.39. The molecule has 18 heavy (non-hydrogen) atoms. The summed E-state index contributed by atoms with van der Waals surface area (Å²) in [5.74, 6) is 0.558. The fourth-order valence-electron chi connectivity index (χ4n) is 1.64. The molecular formula is C13H16N2O2S. The van der Waals surface area contributed by atoms with Gasteiger partial charge in [0.05, 0.1) is 16.6 Å². The minimum absolute atomic E-state index is 0.0943. The third-order valence-electron chi connectivity index (χ3n) is 2.43. The average molecular weight is 264 g/mol. The molecule has 2 aromatic heterocycles. The van der Waals surface area contributed by atoms with Gasteiger partial charge in [0.2, 0.25) is 5.89 Å². The molecule has 0 fully saturated rings. The predicted octanol–water partition coefficient (Wildman–Crippen LogP) is 3.73. The molecule has 0 unspecified atom stereocenters. The summed E-state index contributed by atoms with van der Waals surface area (Å²) in [6.45, 7) is 8.08. The van der Waals surface area contributed by atoms with Crippen LogP contribution in [-0.4, -0.2) is 16.8 Å². The van der Waals surface area contributed by atoms with Gasteiger partial charge in [-0.25, -0.2) is 4.98 Å². The lowest BCUT2D eigenvalue weighted by Gasteiger charge is -2.21. The molecule has 0 aliphatic rings. The lowest BCUT2D eigenvalue weighted by molar-refractivity contribution is 0.112. The lowest BCUT2D eigenvalue weighted by Crippen LogP contribution is -2.26. The van der Waals surface area contributed by atoms with Crippen molar-refractivity contribution in [2.75, 3.05) is 5.32 Å². The van der Waals surface area contributed by atoms with Crippen LogP contribution < -0.4 is 5.32 Å². The Morgan fingerprint density at radius 2 is 2.17 bits per heavy atom. The van der Waals surface area contributed by atoms with Gasteiger partial charge in [-0.15, -0.1) is 11.3 Å². The maximum atomic E-state index is 11.2. The average Bonchev–Trinajstić information content (AvgIpc) is 2.84. The number of rotatable bonds is 3. The Morgan fingerprint density at radius 3 is 2.67 bits per heavy atom. The number of carbonyl (C=O) groups is 1. The maximum Gasteiger partial charge on any atom is 0.236 e. The molecule has 0 radical (unpaired) electrons. The van der Waals surface area contributed by atoms with Crippen molar-refractivity contribution >= 4 is 22.6 Å². The molecule has 0 aliphatic carbocycles. The van der Waals surface area contributed by atoms with Gasteiger partial charge in [-0.1, -0.05) is 0 Å². The van der Waals surface area contributed by atoms with E-state index in [9.17, 15) is 4.79 Å². The highest BCUT2D eigenvalue weighted by Gasteiger charge is 2.21. The van der Waals surface area contributed by atoms with Crippen molar-refractivity contribution in [2.24, 2.45) is 0 Å². The summed E-state index contributed by atoms with van der Waals surface area (Å²) < 4.78 is 5.30. The molecule has 2 aromatic rings. The van der Waals surface area contributed by atoms with Crippen molar-refractivity contribution in [3.63, 3.8) is 0 Å². The Bertz CT molecular complexity index is 550. The van der Waals surface area contributed by atoms with E-state index in [-0.39, 0.29) is 5.54 Å². The SMILES string of the molecule is Cc1c(-c2ncco2)sc(NC(C)(C)C)c1C=O. The van der Waals surface area contributed by atoms with Gasteiger partial charge in [-0.2, -0.15) is 0 Å². The lowest BCUT2D eigenvalue weighted by atomic mass is 10.1. The zero-order valence-electron chi connectivity index (χ0n) is 10.9. The van der Waals surface area contributed by atoms with E-state index in [1.165, 1.54) is 17.6 Å². The van der Waals surface area contributed by atoms with E-state index in [4.69, 9.17) is 4.42 Å². The molecule has 96 valence electrons. The Hall–Kier alpha value is -1.62. The smallest absolute Gasteiger partial charge is 0.236 e. The first-order chi connectivity index (χ1) is 8.42. The van der Waals surface area contributed by atoms with Gasteiger partial charge in [0.1, 0.15) is 11.3 Å². The summed E-state index contributed by atoms with van der Waals surface area (Å²) in [5, 5.41) is 4.21. The van der Waals surface area contributed by atoms with Crippen LogP contribution in [0.5, 0.6) is 0 Å². The number of aldehydes is 1. The molecule has 0 spiro atoms. The second-order valence-corrected chi connectivity index (χ2v) is 6.15. The monoisotopic (exact) mass is 264 g/mol. The van der Waals surface area contributed by atoms with Crippen LogP contribution in [0.3, 0.4) is 0 Å². The molecular weight excluding hydrogens is 248 g/mol. The molecule has 0 saturated heterocycles. The van der Waals surface area contributed by atoms with Gasteiger partial charge >= 0.3 is 0 Å². The van der Waals surface area contributed by atoms with Crippen LogP contribution in [0.2, 0.25) is 0 Å². The summed E-state index contributed by atoms with van der Waals surface area (Å²) in [5.41, 5.74) is 1.50. The van der Waals surface area contributed by atoms with E-state index in [1.54, 1.807) is 6.20 Å². The zero-order chi connectivity index (χ0) is 13.3. The van der Waals surface area contributed by atoms with Crippen molar-refractivity contribution < 1.29 is 9.21 Å². The van der Waals surface area contributed by atoms with Crippen LogP contribution in [0.25, 0.3) is 10.8 Å². The molecule has 2 heterocycles. The van der Waals surface area contributed by atoms with E-state index in [1.807, 2.05) is 6.92 Å². The molecule has 5 heteroatoms.